The molecule has 0 aromatic heterocycles. The minimum Gasteiger partial charge on any atom is -0.390 e. The van der Waals surface area contributed by atoms with Gasteiger partial charge in [0, 0.05) is 0 Å². The number of hydrogen-bond donors (Lipinski definition) is 3. The normalized spacial score (nSPS) is 17.9. The molecule has 0 aromatic carbocycles. The van der Waals surface area contributed by atoms with Crippen molar-refractivity contribution in [1.82, 2.24) is 0 Å². The van der Waals surface area contributed by atoms with Crippen LogP contribution in [0.15, 0.2) is 48.6 Å². The Morgan fingerprint density at radius 2 is 1.37 bits per heavy atom. The van der Waals surface area contributed by atoms with E-state index in [0.29, 0.717) is 6.42 Å². The quantitative estimate of drug-likeness (QED) is 0.562. The molecule has 0 aliphatic heterocycles. The predicted molar refractivity (Wildman–Crippen MR) is 79.8 cm³/mol. The summed E-state index contributed by atoms with van der Waals surface area (Å²) in [5.41, 5.74) is 0. The van der Waals surface area contributed by atoms with Crippen LogP contribution in [-0.4, -0.2) is 33.6 Å². The van der Waals surface area contributed by atoms with Gasteiger partial charge in [0.25, 0.3) is 0 Å². The molecule has 0 fully saturated rings. The van der Waals surface area contributed by atoms with Crippen molar-refractivity contribution in [2.75, 3.05) is 0 Å². The lowest BCUT2D eigenvalue weighted by molar-refractivity contribution is 0.0418. The summed E-state index contributed by atoms with van der Waals surface area (Å²) in [6.07, 6.45) is 14.6. The van der Waals surface area contributed by atoms with E-state index in [-0.39, 0.29) is 0 Å². The SMILES string of the molecule is CCCC[C@H](O)[C@H](O)/C=C/C=C/C=C\C=C\[C@@H](C)O. The van der Waals surface area contributed by atoms with Gasteiger partial charge < -0.3 is 15.3 Å². The summed E-state index contributed by atoms with van der Waals surface area (Å²) in [6.45, 7) is 3.74. The molecule has 0 aromatic rings. The number of allylic oxidation sites excluding steroid dienone is 6. The second-order valence-electron chi connectivity index (χ2n) is 4.48. The van der Waals surface area contributed by atoms with Gasteiger partial charge in [0.1, 0.15) is 0 Å². The van der Waals surface area contributed by atoms with E-state index in [9.17, 15) is 10.2 Å². The molecule has 19 heavy (non-hydrogen) atoms. The molecule has 0 spiro atoms. The molecule has 0 radical (unpaired) electrons. The number of aliphatic hydroxyl groups is 3. The molecule has 0 heterocycles. The third-order valence-electron chi connectivity index (χ3n) is 2.50. The third kappa shape index (κ3) is 11.7. The van der Waals surface area contributed by atoms with E-state index in [1.807, 2.05) is 18.2 Å². The van der Waals surface area contributed by atoms with E-state index >= 15 is 0 Å². The highest BCUT2D eigenvalue weighted by molar-refractivity contribution is 5.16. The van der Waals surface area contributed by atoms with Crippen molar-refractivity contribution in [1.29, 1.82) is 0 Å². The standard InChI is InChI=1S/C16H26O3/c1-3-4-12-15(18)16(19)13-10-8-6-5-7-9-11-14(2)17/h5-11,13-19H,3-4,12H2,1-2H3/b7-5-,8-6+,11-9+,13-10+/t14-,15+,16-/m1/s1. The van der Waals surface area contributed by atoms with Crippen LogP contribution < -0.4 is 0 Å². The first-order chi connectivity index (χ1) is 9.07. The summed E-state index contributed by atoms with van der Waals surface area (Å²) in [4.78, 5) is 0. The summed E-state index contributed by atoms with van der Waals surface area (Å²) in [7, 11) is 0. The lowest BCUT2D eigenvalue weighted by atomic mass is 10.1. The number of aliphatic hydroxyl groups excluding tert-OH is 3. The highest BCUT2D eigenvalue weighted by Gasteiger charge is 2.11. The lowest BCUT2D eigenvalue weighted by Gasteiger charge is -2.13. The van der Waals surface area contributed by atoms with Crippen LogP contribution in [0.5, 0.6) is 0 Å². The number of unbranched alkanes of at least 4 members (excludes halogenated alkanes) is 1. The van der Waals surface area contributed by atoms with Gasteiger partial charge in [-0.1, -0.05) is 68.4 Å². The van der Waals surface area contributed by atoms with Crippen LogP contribution in [0.3, 0.4) is 0 Å². The molecule has 3 N–H and O–H groups in total. The molecule has 0 saturated carbocycles. The van der Waals surface area contributed by atoms with Gasteiger partial charge in [-0.3, -0.25) is 0 Å². The smallest absolute Gasteiger partial charge is 0.0982 e. The van der Waals surface area contributed by atoms with E-state index in [1.54, 1.807) is 37.3 Å². The zero-order chi connectivity index (χ0) is 14.5. The first-order valence-electron chi connectivity index (χ1n) is 6.80. The lowest BCUT2D eigenvalue weighted by Crippen LogP contribution is -2.23. The Labute approximate surface area is 116 Å². The maximum absolute atomic E-state index is 9.62. The molecule has 0 amide bonds. The molecule has 0 aliphatic carbocycles. The first kappa shape index (κ1) is 17.8. The van der Waals surface area contributed by atoms with Gasteiger partial charge in [0.15, 0.2) is 0 Å². The molecule has 0 saturated heterocycles. The van der Waals surface area contributed by atoms with Crippen molar-refractivity contribution in [3.05, 3.63) is 48.6 Å². The Hall–Kier alpha value is -1.16. The van der Waals surface area contributed by atoms with Gasteiger partial charge in [0.05, 0.1) is 18.3 Å². The summed E-state index contributed by atoms with van der Waals surface area (Å²) >= 11 is 0. The maximum atomic E-state index is 9.62. The Balaban J connectivity index is 3.93. The molecular weight excluding hydrogens is 240 g/mol. The monoisotopic (exact) mass is 266 g/mol. The Bertz CT molecular complexity index is 314. The van der Waals surface area contributed by atoms with Crippen LogP contribution in [0.25, 0.3) is 0 Å². The topological polar surface area (TPSA) is 60.7 Å². The van der Waals surface area contributed by atoms with Crippen molar-refractivity contribution < 1.29 is 15.3 Å². The highest BCUT2D eigenvalue weighted by Crippen LogP contribution is 2.05. The average molecular weight is 266 g/mol. The molecule has 0 aliphatic rings. The van der Waals surface area contributed by atoms with E-state index < -0.39 is 18.3 Å². The van der Waals surface area contributed by atoms with Crippen molar-refractivity contribution in [2.45, 2.75) is 51.4 Å². The van der Waals surface area contributed by atoms with Crippen LogP contribution in [0.1, 0.15) is 33.1 Å². The van der Waals surface area contributed by atoms with Crippen molar-refractivity contribution >= 4 is 0 Å². The summed E-state index contributed by atoms with van der Waals surface area (Å²) in [6, 6.07) is 0. The summed E-state index contributed by atoms with van der Waals surface area (Å²) in [5.74, 6) is 0. The minimum absolute atomic E-state index is 0.437. The van der Waals surface area contributed by atoms with Crippen molar-refractivity contribution in [3.8, 4) is 0 Å². The molecule has 0 rings (SSSR count). The van der Waals surface area contributed by atoms with Crippen LogP contribution in [-0.2, 0) is 0 Å². The second kappa shape index (κ2) is 11.9. The van der Waals surface area contributed by atoms with E-state index in [0.717, 1.165) is 12.8 Å². The van der Waals surface area contributed by atoms with Gasteiger partial charge >= 0.3 is 0 Å². The van der Waals surface area contributed by atoms with Gasteiger partial charge in [-0.2, -0.15) is 0 Å². The summed E-state index contributed by atoms with van der Waals surface area (Å²) in [5, 5.41) is 28.2. The Morgan fingerprint density at radius 3 is 1.89 bits per heavy atom. The molecule has 3 nitrogen and oxygen atoms in total. The van der Waals surface area contributed by atoms with Gasteiger partial charge in [0.2, 0.25) is 0 Å². The summed E-state index contributed by atoms with van der Waals surface area (Å²) < 4.78 is 0. The zero-order valence-corrected chi connectivity index (χ0v) is 11.8. The van der Waals surface area contributed by atoms with E-state index in [4.69, 9.17) is 5.11 Å². The molecule has 0 unspecified atom stereocenters. The van der Waals surface area contributed by atoms with Gasteiger partial charge in [-0.25, -0.2) is 0 Å². The fraction of sp³-hybridized carbons (Fsp3) is 0.500. The van der Waals surface area contributed by atoms with Gasteiger partial charge in [-0.15, -0.1) is 0 Å². The van der Waals surface area contributed by atoms with Crippen LogP contribution in [0, 0.1) is 0 Å². The Kier molecular flexibility index (Phi) is 11.2. The second-order valence-corrected chi connectivity index (χ2v) is 4.48. The Morgan fingerprint density at radius 1 is 0.842 bits per heavy atom. The van der Waals surface area contributed by atoms with E-state index in [1.165, 1.54) is 0 Å². The van der Waals surface area contributed by atoms with Crippen molar-refractivity contribution in [3.63, 3.8) is 0 Å². The minimum atomic E-state index is -0.810. The van der Waals surface area contributed by atoms with Crippen LogP contribution >= 0.6 is 0 Å². The predicted octanol–water partition coefficient (Wildman–Crippen LogP) is 2.50. The fourth-order valence-corrected chi connectivity index (χ4v) is 1.37. The number of hydrogen-bond acceptors (Lipinski definition) is 3. The molecule has 3 atom stereocenters. The zero-order valence-electron chi connectivity index (χ0n) is 11.8. The van der Waals surface area contributed by atoms with Crippen LogP contribution in [0.4, 0.5) is 0 Å². The maximum Gasteiger partial charge on any atom is 0.0982 e. The van der Waals surface area contributed by atoms with Crippen molar-refractivity contribution in [2.24, 2.45) is 0 Å². The van der Waals surface area contributed by atoms with Gasteiger partial charge in [-0.05, 0) is 13.3 Å². The molecular formula is C16H26O3. The van der Waals surface area contributed by atoms with E-state index in [2.05, 4.69) is 6.92 Å². The highest BCUT2D eigenvalue weighted by atomic mass is 16.3. The largest absolute Gasteiger partial charge is 0.390 e. The first-order valence-corrected chi connectivity index (χ1v) is 6.80. The molecule has 3 heteroatoms. The number of rotatable bonds is 9. The molecule has 108 valence electrons. The fourth-order valence-electron chi connectivity index (χ4n) is 1.37. The van der Waals surface area contributed by atoms with Crippen LogP contribution in [0.2, 0.25) is 0 Å². The third-order valence-corrected chi connectivity index (χ3v) is 2.50. The average Bonchev–Trinajstić information content (AvgIpc) is 2.38. The molecule has 0 bridgehead atoms.